The van der Waals surface area contributed by atoms with Gasteiger partial charge in [0.2, 0.25) is 0 Å². The van der Waals surface area contributed by atoms with Gasteiger partial charge in [0.1, 0.15) is 11.4 Å². The minimum absolute atomic E-state index is 0.0703. The number of hydrogen-bond acceptors (Lipinski definition) is 6. The van der Waals surface area contributed by atoms with E-state index in [0.29, 0.717) is 29.6 Å². The SMILES string of the molecule is CN(NC(=O)c1csc(C2CCN(C(=O)C(C)(C)Oc3ccccc3Cl)CC2)n1)c1ccccc1. The van der Waals surface area contributed by atoms with Gasteiger partial charge in [-0.05, 0) is 51.0 Å². The minimum Gasteiger partial charge on any atom is -0.476 e. The first kappa shape index (κ1) is 25.0. The van der Waals surface area contributed by atoms with Crippen LogP contribution in [0.2, 0.25) is 5.02 Å². The summed E-state index contributed by atoms with van der Waals surface area (Å²) in [5.41, 5.74) is 3.11. The maximum Gasteiger partial charge on any atom is 0.289 e. The van der Waals surface area contributed by atoms with Crippen LogP contribution in [-0.4, -0.2) is 47.4 Å². The quantitative estimate of drug-likeness (QED) is 0.443. The van der Waals surface area contributed by atoms with Gasteiger partial charge in [-0.1, -0.05) is 41.9 Å². The van der Waals surface area contributed by atoms with Gasteiger partial charge in [0.25, 0.3) is 11.8 Å². The fraction of sp³-hybridized carbons (Fsp3) is 0.346. The number of thiazole rings is 1. The molecule has 9 heteroatoms. The number of benzene rings is 2. The van der Waals surface area contributed by atoms with Crippen LogP contribution < -0.4 is 15.2 Å². The molecule has 184 valence electrons. The summed E-state index contributed by atoms with van der Waals surface area (Å²) in [5, 5.41) is 4.88. The number of hydrogen-bond donors (Lipinski definition) is 1. The maximum atomic E-state index is 13.2. The zero-order chi connectivity index (χ0) is 25.0. The fourth-order valence-electron chi connectivity index (χ4n) is 4.06. The first-order valence-corrected chi connectivity index (χ1v) is 12.8. The van der Waals surface area contributed by atoms with Crippen molar-refractivity contribution in [3.63, 3.8) is 0 Å². The zero-order valence-corrected chi connectivity index (χ0v) is 21.6. The number of nitrogens with one attached hydrogen (secondary N) is 1. The van der Waals surface area contributed by atoms with Crippen molar-refractivity contribution < 1.29 is 14.3 Å². The summed E-state index contributed by atoms with van der Waals surface area (Å²) in [6, 6.07) is 16.8. The molecule has 2 aromatic carbocycles. The summed E-state index contributed by atoms with van der Waals surface area (Å²) >= 11 is 7.70. The number of rotatable bonds is 7. The third kappa shape index (κ3) is 5.94. The maximum absolute atomic E-state index is 13.2. The van der Waals surface area contributed by atoms with Gasteiger partial charge in [0, 0.05) is 31.4 Å². The molecule has 1 aliphatic rings. The van der Waals surface area contributed by atoms with Crippen LogP contribution in [0.3, 0.4) is 0 Å². The summed E-state index contributed by atoms with van der Waals surface area (Å²) < 4.78 is 5.97. The molecule has 0 radical (unpaired) electrons. The molecule has 35 heavy (non-hydrogen) atoms. The predicted molar refractivity (Wildman–Crippen MR) is 139 cm³/mol. The summed E-state index contributed by atoms with van der Waals surface area (Å²) in [5.74, 6) is 0.392. The number of amides is 2. The number of aromatic nitrogens is 1. The number of piperidine rings is 1. The van der Waals surface area contributed by atoms with E-state index in [0.717, 1.165) is 23.5 Å². The van der Waals surface area contributed by atoms with E-state index in [2.05, 4.69) is 10.4 Å². The molecular formula is C26H29ClN4O3S. The van der Waals surface area contributed by atoms with Gasteiger partial charge < -0.3 is 9.64 Å². The van der Waals surface area contributed by atoms with Crippen molar-refractivity contribution in [2.45, 2.75) is 38.2 Å². The van der Waals surface area contributed by atoms with E-state index in [1.54, 1.807) is 43.4 Å². The van der Waals surface area contributed by atoms with Gasteiger partial charge in [0.05, 0.1) is 15.7 Å². The van der Waals surface area contributed by atoms with Gasteiger partial charge in [-0.25, -0.2) is 4.98 Å². The van der Waals surface area contributed by atoms with Gasteiger partial charge in [-0.15, -0.1) is 11.3 Å². The van der Waals surface area contributed by atoms with E-state index >= 15 is 0 Å². The van der Waals surface area contributed by atoms with Gasteiger partial charge in [-0.2, -0.15) is 0 Å². The largest absolute Gasteiger partial charge is 0.476 e. The Morgan fingerprint density at radius 2 is 1.77 bits per heavy atom. The van der Waals surface area contributed by atoms with Crippen LogP contribution in [0.1, 0.15) is 48.1 Å². The Morgan fingerprint density at radius 1 is 1.11 bits per heavy atom. The van der Waals surface area contributed by atoms with E-state index in [1.807, 2.05) is 47.4 Å². The third-order valence-corrected chi connectivity index (χ3v) is 7.34. The summed E-state index contributed by atoms with van der Waals surface area (Å²) in [4.78, 5) is 32.3. The van der Waals surface area contributed by atoms with Crippen molar-refractivity contribution >= 4 is 40.4 Å². The average molecular weight is 513 g/mol. The number of likely N-dealkylation sites (tertiary alicyclic amines) is 1. The number of hydrazine groups is 1. The highest BCUT2D eigenvalue weighted by molar-refractivity contribution is 7.09. The van der Waals surface area contributed by atoms with Crippen LogP contribution in [0.4, 0.5) is 5.69 Å². The molecule has 1 aliphatic heterocycles. The first-order valence-electron chi connectivity index (χ1n) is 11.5. The number of anilines is 1. The molecule has 1 aromatic heterocycles. The second-order valence-corrected chi connectivity index (χ2v) is 10.3. The number of para-hydroxylation sites is 2. The molecule has 0 atom stereocenters. The molecule has 7 nitrogen and oxygen atoms in total. The van der Waals surface area contributed by atoms with Crippen molar-refractivity contribution in [3.8, 4) is 5.75 Å². The predicted octanol–water partition coefficient (Wildman–Crippen LogP) is 5.14. The van der Waals surface area contributed by atoms with E-state index in [-0.39, 0.29) is 17.7 Å². The molecule has 0 spiro atoms. The molecule has 2 amide bonds. The van der Waals surface area contributed by atoms with Crippen molar-refractivity contribution in [1.29, 1.82) is 0 Å². The van der Waals surface area contributed by atoms with E-state index < -0.39 is 5.60 Å². The molecule has 1 N–H and O–H groups in total. The van der Waals surface area contributed by atoms with Crippen molar-refractivity contribution in [1.82, 2.24) is 15.3 Å². The Kier molecular flexibility index (Phi) is 7.62. The highest BCUT2D eigenvalue weighted by Gasteiger charge is 2.37. The van der Waals surface area contributed by atoms with Crippen LogP contribution in [-0.2, 0) is 4.79 Å². The molecule has 0 bridgehead atoms. The van der Waals surface area contributed by atoms with E-state index in [9.17, 15) is 9.59 Å². The second kappa shape index (κ2) is 10.7. The van der Waals surface area contributed by atoms with Gasteiger partial charge in [-0.3, -0.25) is 20.0 Å². The smallest absolute Gasteiger partial charge is 0.289 e. The molecule has 4 rings (SSSR count). The monoisotopic (exact) mass is 512 g/mol. The van der Waals surface area contributed by atoms with Crippen LogP contribution in [0.5, 0.6) is 5.75 Å². The molecule has 2 heterocycles. The lowest BCUT2D eigenvalue weighted by molar-refractivity contribution is -0.146. The Morgan fingerprint density at radius 3 is 2.46 bits per heavy atom. The number of ether oxygens (including phenoxy) is 1. The molecule has 3 aromatic rings. The van der Waals surface area contributed by atoms with Crippen molar-refractivity contribution in [3.05, 3.63) is 75.7 Å². The van der Waals surface area contributed by atoms with Gasteiger partial charge in [0.15, 0.2) is 5.60 Å². The normalized spacial score (nSPS) is 14.5. The van der Waals surface area contributed by atoms with Crippen LogP contribution >= 0.6 is 22.9 Å². The highest BCUT2D eigenvalue weighted by atomic mass is 35.5. The van der Waals surface area contributed by atoms with E-state index in [4.69, 9.17) is 16.3 Å². The topological polar surface area (TPSA) is 74.8 Å². The number of nitrogens with zero attached hydrogens (tertiary/aromatic N) is 3. The third-order valence-electron chi connectivity index (χ3n) is 6.02. The number of halogens is 1. The molecule has 0 unspecified atom stereocenters. The molecule has 0 saturated carbocycles. The molecule has 0 aliphatic carbocycles. The number of carbonyl (C=O) groups is 2. The summed E-state index contributed by atoms with van der Waals surface area (Å²) in [6.45, 7) is 4.75. The van der Waals surface area contributed by atoms with E-state index in [1.165, 1.54) is 11.3 Å². The molecule has 1 saturated heterocycles. The highest BCUT2D eigenvalue weighted by Crippen LogP contribution is 2.33. The first-order chi connectivity index (χ1) is 16.7. The Labute approximate surface area is 214 Å². The molecule has 1 fully saturated rings. The lowest BCUT2D eigenvalue weighted by atomic mass is 9.96. The zero-order valence-electron chi connectivity index (χ0n) is 20.0. The fourth-order valence-corrected chi connectivity index (χ4v) is 5.21. The Balaban J connectivity index is 1.32. The van der Waals surface area contributed by atoms with Crippen molar-refractivity contribution in [2.24, 2.45) is 0 Å². The lowest BCUT2D eigenvalue weighted by Crippen LogP contribution is -2.51. The Bertz CT molecular complexity index is 1180. The number of carbonyl (C=O) groups excluding carboxylic acids is 2. The molecular weight excluding hydrogens is 484 g/mol. The van der Waals surface area contributed by atoms with Crippen molar-refractivity contribution in [2.75, 3.05) is 25.1 Å². The van der Waals surface area contributed by atoms with Crippen LogP contribution in [0.15, 0.2) is 60.0 Å². The average Bonchev–Trinajstić information content (AvgIpc) is 3.36. The second-order valence-electron chi connectivity index (χ2n) is 9.02. The summed E-state index contributed by atoms with van der Waals surface area (Å²) in [7, 11) is 1.80. The minimum atomic E-state index is -1.03. The van der Waals surface area contributed by atoms with Crippen LogP contribution in [0.25, 0.3) is 0 Å². The van der Waals surface area contributed by atoms with Gasteiger partial charge >= 0.3 is 0 Å². The Hall–Kier alpha value is -3.10. The lowest BCUT2D eigenvalue weighted by Gasteiger charge is -2.36. The summed E-state index contributed by atoms with van der Waals surface area (Å²) in [6.07, 6.45) is 1.57. The standard InChI is InChI=1S/C26H29ClN4O3S/c1-26(2,34-22-12-8-7-11-20(22)27)25(33)31-15-13-18(14-16-31)24-28-21(17-35-24)23(32)29-30(3)19-9-5-4-6-10-19/h4-12,17-18H,13-16H2,1-3H3,(H,29,32). The van der Waals surface area contributed by atoms with Crippen LogP contribution in [0, 0.1) is 0 Å².